The standard InChI is InChI=1S/C9H8O2/c1-2-11-9(10)8-6-4-3-5-7-8/h1,3-7H,2H2. The molecule has 2 heteroatoms. The van der Waals surface area contributed by atoms with Crippen LogP contribution in [0.1, 0.15) is 10.4 Å². The summed E-state index contributed by atoms with van der Waals surface area (Å²) in [5, 5.41) is 0. The molecule has 0 spiro atoms. The van der Waals surface area contributed by atoms with E-state index in [1.165, 1.54) is 0 Å². The Morgan fingerprint density at radius 1 is 1.36 bits per heavy atom. The highest BCUT2D eigenvalue weighted by Gasteiger charge is 2.02. The number of rotatable bonds is 2. The van der Waals surface area contributed by atoms with Crippen LogP contribution in [0.4, 0.5) is 0 Å². The van der Waals surface area contributed by atoms with Gasteiger partial charge in [0.2, 0.25) is 0 Å². The van der Waals surface area contributed by atoms with Crippen molar-refractivity contribution in [3.63, 3.8) is 0 Å². The van der Waals surface area contributed by atoms with Crippen LogP contribution in [0, 0.1) is 6.92 Å². The Hall–Kier alpha value is -1.31. The summed E-state index contributed by atoms with van der Waals surface area (Å²) in [6, 6.07) is 8.73. The first-order chi connectivity index (χ1) is 5.34. The maximum absolute atomic E-state index is 10.9. The molecule has 0 saturated heterocycles. The smallest absolute Gasteiger partial charge is 0.338 e. The summed E-state index contributed by atoms with van der Waals surface area (Å²) in [5.74, 6) is -0.381. The summed E-state index contributed by atoms with van der Waals surface area (Å²) in [5.41, 5.74) is 0.526. The number of esters is 1. The number of carbonyl (C=O) groups is 1. The molecule has 0 bridgehead atoms. The number of ether oxygens (including phenoxy) is 1. The topological polar surface area (TPSA) is 26.3 Å². The molecular weight excluding hydrogens is 140 g/mol. The van der Waals surface area contributed by atoms with Crippen LogP contribution in [0.15, 0.2) is 30.3 Å². The first kappa shape index (κ1) is 7.79. The average molecular weight is 148 g/mol. The second kappa shape index (κ2) is 3.76. The third-order valence-corrected chi connectivity index (χ3v) is 1.22. The Balaban J connectivity index is 2.69. The summed E-state index contributed by atoms with van der Waals surface area (Å²) in [6.45, 7) is 4.95. The van der Waals surface area contributed by atoms with Crippen molar-refractivity contribution in [3.8, 4) is 0 Å². The van der Waals surface area contributed by atoms with Crippen LogP contribution in [0.2, 0.25) is 0 Å². The molecule has 0 atom stereocenters. The molecule has 0 aromatic heterocycles. The zero-order valence-electron chi connectivity index (χ0n) is 5.99. The molecule has 11 heavy (non-hydrogen) atoms. The van der Waals surface area contributed by atoms with Crippen molar-refractivity contribution in [1.82, 2.24) is 0 Å². The predicted octanol–water partition coefficient (Wildman–Crippen LogP) is 1.55. The highest BCUT2D eigenvalue weighted by Crippen LogP contribution is 1.99. The Morgan fingerprint density at radius 3 is 2.55 bits per heavy atom. The van der Waals surface area contributed by atoms with Crippen LogP contribution in [0.25, 0.3) is 0 Å². The molecular formula is C9H8O2. The van der Waals surface area contributed by atoms with Gasteiger partial charge in [-0.1, -0.05) is 18.2 Å². The summed E-state index contributed by atoms with van der Waals surface area (Å²) in [7, 11) is 0. The maximum atomic E-state index is 10.9. The van der Waals surface area contributed by atoms with E-state index in [2.05, 4.69) is 4.74 Å². The molecule has 0 amide bonds. The predicted molar refractivity (Wildman–Crippen MR) is 41.0 cm³/mol. The van der Waals surface area contributed by atoms with E-state index in [1.807, 2.05) is 6.07 Å². The Morgan fingerprint density at radius 2 is 2.00 bits per heavy atom. The molecule has 1 aromatic carbocycles. The fraction of sp³-hybridized carbons (Fsp3) is 0.111. The largest absolute Gasteiger partial charge is 0.462 e. The second-order valence-corrected chi connectivity index (χ2v) is 1.96. The van der Waals surface area contributed by atoms with Gasteiger partial charge in [0.05, 0.1) is 12.2 Å². The summed E-state index contributed by atoms with van der Waals surface area (Å²) >= 11 is 0. The molecule has 0 heterocycles. The van der Waals surface area contributed by atoms with E-state index in [-0.39, 0.29) is 12.6 Å². The first-order valence-electron chi connectivity index (χ1n) is 3.27. The third-order valence-electron chi connectivity index (χ3n) is 1.22. The van der Waals surface area contributed by atoms with E-state index < -0.39 is 0 Å². The van der Waals surface area contributed by atoms with E-state index in [0.29, 0.717) is 5.56 Å². The molecule has 0 N–H and O–H groups in total. The van der Waals surface area contributed by atoms with Crippen molar-refractivity contribution >= 4 is 5.97 Å². The number of hydrogen-bond donors (Lipinski definition) is 0. The zero-order chi connectivity index (χ0) is 8.10. The molecule has 56 valence electrons. The molecule has 0 unspecified atom stereocenters. The van der Waals surface area contributed by atoms with Crippen LogP contribution in [-0.4, -0.2) is 12.6 Å². The van der Waals surface area contributed by atoms with Crippen LogP contribution in [0.5, 0.6) is 0 Å². The molecule has 0 saturated carbocycles. The van der Waals surface area contributed by atoms with Crippen molar-refractivity contribution in [2.45, 2.75) is 0 Å². The third kappa shape index (κ3) is 2.08. The normalized spacial score (nSPS) is 9.18. The fourth-order valence-corrected chi connectivity index (χ4v) is 0.733. The molecule has 0 aliphatic heterocycles. The molecule has 0 aliphatic rings. The average Bonchev–Trinajstić information content (AvgIpc) is 2.07. The molecule has 0 aliphatic carbocycles. The van der Waals surface area contributed by atoms with Crippen LogP contribution in [-0.2, 0) is 4.74 Å². The van der Waals surface area contributed by atoms with Crippen molar-refractivity contribution in [2.75, 3.05) is 6.61 Å². The van der Waals surface area contributed by atoms with Crippen LogP contribution >= 0.6 is 0 Å². The van der Waals surface area contributed by atoms with Gasteiger partial charge < -0.3 is 4.74 Å². The van der Waals surface area contributed by atoms with Gasteiger partial charge in [0.15, 0.2) is 0 Å². The van der Waals surface area contributed by atoms with Crippen LogP contribution in [0.3, 0.4) is 0 Å². The second-order valence-electron chi connectivity index (χ2n) is 1.96. The summed E-state index contributed by atoms with van der Waals surface area (Å²) < 4.78 is 4.57. The Labute approximate surface area is 65.8 Å². The lowest BCUT2D eigenvalue weighted by Gasteiger charge is -1.99. The highest BCUT2D eigenvalue weighted by molar-refractivity contribution is 5.89. The highest BCUT2D eigenvalue weighted by atomic mass is 16.5. The molecule has 1 rings (SSSR count). The van der Waals surface area contributed by atoms with Crippen molar-refractivity contribution in [3.05, 3.63) is 42.8 Å². The fourth-order valence-electron chi connectivity index (χ4n) is 0.733. The van der Waals surface area contributed by atoms with Gasteiger partial charge in [-0.05, 0) is 12.1 Å². The lowest BCUT2D eigenvalue weighted by molar-refractivity contribution is 0.0547. The monoisotopic (exact) mass is 148 g/mol. The zero-order valence-corrected chi connectivity index (χ0v) is 5.99. The van der Waals surface area contributed by atoms with Crippen molar-refractivity contribution in [1.29, 1.82) is 0 Å². The molecule has 1 aromatic rings. The van der Waals surface area contributed by atoms with Gasteiger partial charge >= 0.3 is 5.97 Å². The lowest BCUT2D eigenvalue weighted by Crippen LogP contribution is -2.03. The van der Waals surface area contributed by atoms with E-state index in [9.17, 15) is 4.79 Å². The van der Waals surface area contributed by atoms with Gasteiger partial charge in [0.1, 0.15) is 0 Å². The maximum Gasteiger partial charge on any atom is 0.338 e. The van der Waals surface area contributed by atoms with E-state index >= 15 is 0 Å². The first-order valence-corrected chi connectivity index (χ1v) is 3.27. The van der Waals surface area contributed by atoms with Crippen molar-refractivity contribution in [2.24, 2.45) is 0 Å². The molecule has 0 fully saturated rings. The molecule has 2 nitrogen and oxygen atoms in total. The van der Waals surface area contributed by atoms with Gasteiger partial charge in [-0.25, -0.2) is 4.79 Å². The minimum Gasteiger partial charge on any atom is -0.462 e. The van der Waals surface area contributed by atoms with E-state index in [0.717, 1.165) is 0 Å². The van der Waals surface area contributed by atoms with Gasteiger partial charge in [-0.3, -0.25) is 0 Å². The van der Waals surface area contributed by atoms with Gasteiger partial charge in [-0.2, -0.15) is 0 Å². The molecule has 2 radical (unpaired) electrons. The lowest BCUT2D eigenvalue weighted by atomic mass is 10.2. The quantitative estimate of drug-likeness (QED) is 0.595. The summed E-state index contributed by atoms with van der Waals surface area (Å²) in [4.78, 5) is 10.9. The van der Waals surface area contributed by atoms with Gasteiger partial charge in [0.25, 0.3) is 0 Å². The van der Waals surface area contributed by atoms with Crippen molar-refractivity contribution < 1.29 is 9.53 Å². The Kier molecular flexibility index (Phi) is 2.66. The van der Waals surface area contributed by atoms with E-state index in [1.54, 1.807) is 24.3 Å². The minimum atomic E-state index is -0.381. The van der Waals surface area contributed by atoms with Gasteiger partial charge in [0, 0.05) is 6.92 Å². The van der Waals surface area contributed by atoms with Crippen LogP contribution < -0.4 is 0 Å². The van der Waals surface area contributed by atoms with E-state index in [4.69, 9.17) is 6.92 Å². The summed E-state index contributed by atoms with van der Waals surface area (Å²) in [6.07, 6.45) is 0. The Bertz CT molecular complexity index is 229. The SMILES string of the molecule is [CH]COC(=O)c1ccccc1. The number of benzene rings is 1. The number of hydrogen-bond acceptors (Lipinski definition) is 2. The van der Waals surface area contributed by atoms with Gasteiger partial charge in [-0.15, -0.1) is 0 Å². The number of carbonyl (C=O) groups excluding carboxylic acids is 1. The minimum absolute atomic E-state index is 0.0757.